The predicted octanol–water partition coefficient (Wildman–Crippen LogP) is 3.19. The summed E-state index contributed by atoms with van der Waals surface area (Å²) in [7, 11) is 0. The molecule has 0 aromatic heterocycles. The van der Waals surface area contributed by atoms with Gasteiger partial charge in [-0.15, -0.1) is 0 Å². The molecule has 3 heterocycles. The number of rotatable bonds is 12. The molecule has 3 aliphatic heterocycles. The summed E-state index contributed by atoms with van der Waals surface area (Å²) in [6, 6.07) is 9.17. The van der Waals surface area contributed by atoms with Crippen LogP contribution in [0.4, 0.5) is 0 Å². The number of likely N-dealkylation sites (tertiary alicyclic amines) is 1. The number of fused-ring (bicyclic) bond motifs is 1. The Morgan fingerprint density at radius 1 is 1.04 bits per heavy atom. The fourth-order valence-corrected chi connectivity index (χ4v) is 6.74. The zero-order valence-electron chi connectivity index (χ0n) is 29.2. The zero-order valence-corrected chi connectivity index (χ0v) is 29.9. The largest absolute Gasteiger partial charge is 0.454 e. The molecule has 1 saturated heterocycles. The van der Waals surface area contributed by atoms with E-state index in [2.05, 4.69) is 21.4 Å². The lowest BCUT2D eigenvalue weighted by molar-refractivity contribution is -0.145. The molecule has 14 heteroatoms. The molecule has 0 unspecified atom stereocenters. The summed E-state index contributed by atoms with van der Waals surface area (Å²) in [4.78, 5) is 75.6. The van der Waals surface area contributed by atoms with Gasteiger partial charge < -0.3 is 30.3 Å². The van der Waals surface area contributed by atoms with Crippen molar-refractivity contribution < 1.29 is 38.3 Å². The second-order valence-corrected chi connectivity index (χ2v) is 15.2. The minimum Gasteiger partial charge on any atom is -0.454 e. The highest BCUT2D eigenvalue weighted by Gasteiger charge is 2.54. The molecule has 13 nitrogen and oxygen atoms in total. The highest BCUT2D eigenvalue weighted by atomic mass is 35.5. The summed E-state index contributed by atoms with van der Waals surface area (Å²) >= 11 is 6.25. The molecule has 4 aliphatic rings. The Morgan fingerprint density at radius 2 is 1.80 bits per heavy atom. The first-order valence-corrected chi connectivity index (χ1v) is 17.7. The number of nitrogens with one attached hydrogen (secondary N) is 4. The van der Waals surface area contributed by atoms with Gasteiger partial charge in [-0.3, -0.25) is 34.3 Å². The number of nitrogens with zero attached hydrogens (tertiary/aromatic N) is 1. The minimum absolute atomic E-state index is 0.0210. The van der Waals surface area contributed by atoms with E-state index in [4.69, 9.17) is 25.9 Å². The van der Waals surface area contributed by atoms with Crippen molar-refractivity contribution in [3.8, 4) is 11.5 Å². The number of hydrogen-bond donors (Lipinski definition) is 4. The summed E-state index contributed by atoms with van der Waals surface area (Å²) in [5.41, 5.74) is 3.10. The number of Topliss-reactive ketones (excluding diaryl/α,β-unsaturated/α-hetero) is 1. The van der Waals surface area contributed by atoms with Crippen molar-refractivity contribution >= 4 is 46.7 Å². The van der Waals surface area contributed by atoms with Gasteiger partial charge in [0.2, 0.25) is 30.3 Å². The second kappa shape index (κ2) is 14.5. The van der Waals surface area contributed by atoms with Crippen LogP contribution in [0.1, 0.15) is 70.9 Å². The third-order valence-corrected chi connectivity index (χ3v) is 9.65. The van der Waals surface area contributed by atoms with E-state index < -0.39 is 58.6 Å². The average molecular weight is 722 g/mol. The molecular weight excluding hydrogens is 678 g/mol. The van der Waals surface area contributed by atoms with Crippen LogP contribution in [0.2, 0.25) is 5.02 Å². The lowest BCUT2D eigenvalue weighted by Gasteiger charge is -2.35. The molecule has 4 atom stereocenters. The van der Waals surface area contributed by atoms with E-state index in [0.717, 1.165) is 18.4 Å². The summed E-state index contributed by atoms with van der Waals surface area (Å²) < 4.78 is 10.8. The number of amides is 4. The first-order chi connectivity index (χ1) is 24.2. The Morgan fingerprint density at radius 3 is 2.51 bits per heavy atom. The maximum Gasteiger partial charge on any atom is 0.289 e. The van der Waals surface area contributed by atoms with Crippen molar-refractivity contribution in [2.45, 2.75) is 96.0 Å². The molecule has 51 heavy (non-hydrogen) atoms. The normalized spacial score (nSPS) is 21.8. The van der Waals surface area contributed by atoms with Crippen molar-refractivity contribution in [1.29, 1.82) is 0 Å². The number of carbonyl (C=O) groups is 5. The van der Waals surface area contributed by atoms with Crippen LogP contribution in [0.15, 0.2) is 48.5 Å². The maximum atomic E-state index is 14.6. The van der Waals surface area contributed by atoms with Crippen LogP contribution in [-0.4, -0.2) is 77.4 Å². The maximum absolute atomic E-state index is 14.6. The Hall–Kier alpha value is -4.62. The van der Waals surface area contributed by atoms with Crippen LogP contribution in [0, 0.1) is 5.41 Å². The second-order valence-electron chi connectivity index (χ2n) is 14.7. The van der Waals surface area contributed by atoms with Gasteiger partial charge in [0.1, 0.15) is 17.7 Å². The quantitative estimate of drug-likeness (QED) is 0.241. The number of ether oxygens (including phenoxy) is 2. The van der Waals surface area contributed by atoms with E-state index in [9.17, 15) is 24.0 Å². The fourth-order valence-electron chi connectivity index (χ4n) is 6.55. The summed E-state index contributed by atoms with van der Waals surface area (Å²) in [5, 5.41) is 8.93. The highest BCUT2D eigenvalue weighted by molar-refractivity contribution is 6.38. The lowest BCUT2D eigenvalue weighted by atomic mass is 9.85. The fraction of sp³-hybridized carbons (Fsp3) is 0.486. The molecule has 1 spiro atoms. The summed E-state index contributed by atoms with van der Waals surface area (Å²) in [6.45, 7) is 7.42. The molecule has 1 aliphatic carbocycles. The van der Waals surface area contributed by atoms with Gasteiger partial charge in [0.05, 0.1) is 24.7 Å². The minimum atomic E-state index is -1.12. The standard InChI is InChI=1S/C37H44ClN5O8/c1-5-7-25(31(45)34(47)39-24-11-12-24)40-33(46)27-18-37(17-26(42-51-37)22-8-6-9-23(38)16-22)19-43(27)35(48)32(36(2,3)4)41-30(44)15-21-10-13-28-29(14-21)50-20-49-28/h6,8-10,13-14,16-17,24-25,27,32,42H,5,7,11-12,15,18-20H2,1-4H3,(H,39,47)(H,40,46)(H,41,44)/t25-,27-,32+,37+/m0/s1. The number of hydrogen-bond acceptors (Lipinski definition) is 9. The van der Waals surface area contributed by atoms with Gasteiger partial charge in [0, 0.05) is 23.0 Å². The molecule has 0 bridgehead atoms. The number of halogens is 1. The van der Waals surface area contributed by atoms with E-state index in [0.29, 0.717) is 34.2 Å². The van der Waals surface area contributed by atoms with Crippen LogP contribution in [-0.2, 0) is 35.2 Å². The van der Waals surface area contributed by atoms with Crippen molar-refractivity contribution in [2.75, 3.05) is 13.3 Å². The molecule has 0 radical (unpaired) electrons. The number of ketones is 1. The third kappa shape index (κ3) is 8.31. The summed E-state index contributed by atoms with van der Waals surface area (Å²) in [5.74, 6) is -1.81. The van der Waals surface area contributed by atoms with Crippen molar-refractivity contribution in [1.82, 2.24) is 26.3 Å². The van der Waals surface area contributed by atoms with Gasteiger partial charge in [-0.05, 0) is 60.6 Å². The van der Waals surface area contributed by atoms with Gasteiger partial charge in [0.15, 0.2) is 11.5 Å². The first-order valence-electron chi connectivity index (χ1n) is 17.3. The molecule has 4 N–H and O–H groups in total. The molecule has 272 valence electrons. The molecule has 2 aromatic rings. The lowest BCUT2D eigenvalue weighted by Crippen LogP contribution is -2.59. The van der Waals surface area contributed by atoms with Crippen LogP contribution in [0.3, 0.4) is 0 Å². The van der Waals surface area contributed by atoms with Crippen LogP contribution in [0.5, 0.6) is 11.5 Å². The molecule has 6 rings (SSSR count). The Kier molecular flexibility index (Phi) is 10.3. The van der Waals surface area contributed by atoms with Gasteiger partial charge in [-0.2, -0.15) is 0 Å². The van der Waals surface area contributed by atoms with Crippen LogP contribution in [0.25, 0.3) is 5.70 Å². The van der Waals surface area contributed by atoms with Crippen molar-refractivity contribution in [3.05, 3.63) is 64.7 Å². The topological polar surface area (TPSA) is 164 Å². The highest BCUT2D eigenvalue weighted by Crippen LogP contribution is 2.39. The van der Waals surface area contributed by atoms with E-state index >= 15 is 0 Å². The van der Waals surface area contributed by atoms with Gasteiger partial charge in [0.25, 0.3) is 5.91 Å². The number of carbonyl (C=O) groups excluding carboxylic acids is 5. The van der Waals surface area contributed by atoms with Gasteiger partial charge >= 0.3 is 0 Å². The molecule has 2 aromatic carbocycles. The predicted molar refractivity (Wildman–Crippen MR) is 187 cm³/mol. The Labute approximate surface area is 301 Å². The van der Waals surface area contributed by atoms with Gasteiger partial charge in [-0.25, -0.2) is 0 Å². The van der Waals surface area contributed by atoms with E-state index in [1.165, 1.54) is 4.90 Å². The monoisotopic (exact) mass is 721 g/mol. The number of benzene rings is 2. The third-order valence-electron chi connectivity index (χ3n) is 9.41. The Balaban J connectivity index is 1.26. The van der Waals surface area contributed by atoms with Crippen molar-refractivity contribution in [3.63, 3.8) is 0 Å². The zero-order chi connectivity index (χ0) is 36.5. The Bertz CT molecular complexity index is 1750. The molecule has 4 amide bonds. The van der Waals surface area contributed by atoms with E-state index in [1.807, 2.05) is 39.8 Å². The SMILES string of the molecule is CCC[C@H](NC(=O)[C@@H]1C[C@]2(C=C(c3cccc(Cl)c3)NO2)CN1C(=O)[C@@H](NC(=O)Cc1ccc2c(c1)OCO2)C(C)(C)C)C(=O)C(=O)NC1CC1. The number of hydroxylamine groups is 1. The average Bonchev–Trinajstić information content (AvgIpc) is 3.45. The molecular formula is C37H44ClN5O8. The first kappa shape index (κ1) is 36.2. The van der Waals surface area contributed by atoms with E-state index in [-0.39, 0.29) is 38.6 Å². The molecule has 2 fully saturated rings. The smallest absolute Gasteiger partial charge is 0.289 e. The summed E-state index contributed by atoms with van der Waals surface area (Å²) in [6.07, 6.45) is 4.25. The van der Waals surface area contributed by atoms with E-state index in [1.54, 1.807) is 36.4 Å². The van der Waals surface area contributed by atoms with Crippen LogP contribution < -0.4 is 30.9 Å². The van der Waals surface area contributed by atoms with Crippen molar-refractivity contribution in [2.24, 2.45) is 5.41 Å². The molecule has 1 saturated carbocycles. The van der Waals surface area contributed by atoms with Gasteiger partial charge in [-0.1, -0.05) is 63.9 Å². The van der Waals surface area contributed by atoms with Crippen LogP contribution >= 0.6 is 11.6 Å².